The van der Waals surface area contributed by atoms with Crippen molar-refractivity contribution in [1.82, 2.24) is 4.90 Å². The third-order valence-electron chi connectivity index (χ3n) is 3.49. The molecule has 1 aromatic heterocycles. The van der Waals surface area contributed by atoms with Crippen LogP contribution in [-0.4, -0.2) is 40.4 Å². The Labute approximate surface area is 122 Å². The van der Waals surface area contributed by atoms with Gasteiger partial charge in [-0.25, -0.2) is 0 Å². The molecule has 114 valence electrons. The maximum absolute atomic E-state index is 10.5. The van der Waals surface area contributed by atoms with Crippen molar-refractivity contribution in [1.29, 1.82) is 0 Å². The van der Waals surface area contributed by atoms with Gasteiger partial charge in [-0.3, -0.25) is 10.1 Å². The molecule has 21 heavy (non-hydrogen) atoms. The number of nitro groups is 1. The molecule has 1 aromatic rings. The molecule has 0 amide bonds. The maximum Gasteiger partial charge on any atom is 0.433 e. The summed E-state index contributed by atoms with van der Waals surface area (Å²) >= 11 is 0. The standard InChI is InChI=1S/C14H19N3O4/c18-15-12(8-11-16-9-2-1-3-10-16)4-5-13-6-7-14(21-13)17(19)20/h4-7,18H,1-3,8-11H2/b5-4+,15-12-. The van der Waals surface area contributed by atoms with Gasteiger partial charge < -0.3 is 14.5 Å². The van der Waals surface area contributed by atoms with E-state index >= 15 is 0 Å². The second-order valence-electron chi connectivity index (χ2n) is 5.01. The van der Waals surface area contributed by atoms with E-state index in [2.05, 4.69) is 10.1 Å². The lowest BCUT2D eigenvalue weighted by atomic mass is 10.1. The molecule has 0 atom stereocenters. The van der Waals surface area contributed by atoms with Crippen molar-refractivity contribution in [2.45, 2.75) is 25.7 Å². The molecular formula is C14H19N3O4. The van der Waals surface area contributed by atoms with Crippen LogP contribution in [0.25, 0.3) is 6.08 Å². The Kier molecular flexibility index (Phi) is 5.51. The Morgan fingerprint density at radius 2 is 2.19 bits per heavy atom. The molecule has 7 nitrogen and oxygen atoms in total. The molecule has 0 unspecified atom stereocenters. The number of piperidine rings is 1. The van der Waals surface area contributed by atoms with E-state index in [9.17, 15) is 10.1 Å². The van der Waals surface area contributed by atoms with E-state index in [-0.39, 0.29) is 5.88 Å². The summed E-state index contributed by atoms with van der Waals surface area (Å²) in [6, 6.07) is 2.80. The Bertz CT molecular complexity index is 530. The summed E-state index contributed by atoms with van der Waals surface area (Å²) in [5.74, 6) is 0.0614. The van der Waals surface area contributed by atoms with Gasteiger partial charge in [-0.05, 0) is 44.1 Å². The van der Waals surface area contributed by atoms with Crippen LogP contribution < -0.4 is 0 Å². The number of hydrogen-bond acceptors (Lipinski definition) is 6. The Morgan fingerprint density at radius 1 is 1.43 bits per heavy atom. The van der Waals surface area contributed by atoms with E-state index in [1.807, 2.05) is 0 Å². The van der Waals surface area contributed by atoms with Crippen molar-refractivity contribution in [3.63, 3.8) is 0 Å². The van der Waals surface area contributed by atoms with E-state index in [0.29, 0.717) is 17.9 Å². The van der Waals surface area contributed by atoms with Crippen LogP contribution in [0.1, 0.15) is 31.4 Å². The van der Waals surface area contributed by atoms with E-state index in [4.69, 9.17) is 9.62 Å². The largest absolute Gasteiger partial charge is 0.433 e. The predicted octanol–water partition coefficient (Wildman–Crippen LogP) is 2.91. The maximum atomic E-state index is 10.5. The molecule has 0 spiro atoms. The third kappa shape index (κ3) is 4.71. The van der Waals surface area contributed by atoms with Crippen LogP contribution in [0, 0.1) is 10.1 Å². The van der Waals surface area contributed by atoms with E-state index in [0.717, 1.165) is 19.6 Å². The topological polar surface area (TPSA) is 92.1 Å². The first-order valence-electron chi connectivity index (χ1n) is 7.04. The molecule has 0 aromatic carbocycles. The normalized spacial score (nSPS) is 17.4. The second kappa shape index (κ2) is 7.58. The molecule has 1 N–H and O–H groups in total. The molecule has 1 aliphatic rings. The van der Waals surface area contributed by atoms with Crippen LogP contribution in [-0.2, 0) is 0 Å². The molecule has 1 fully saturated rings. The lowest BCUT2D eigenvalue weighted by Gasteiger charge is -2.26. The first kappa shape index (κ1) is 15.2. The van der Waals surface area contributed by atoms with Gasteiger partial charge in [0.2, 0.25) is 0 Å². The fourth-order valence-corrected chi connectivity index (χ4v) is 2.33. The number of rotatable bonds is 6. The molecule has 0 aliphatic carbocycles. The zero-order valence-corrected chi connectivity index (χ0v) is 11.8. The Morgan fingerprint density at radius 3 is 2.81 bits per heavy atom. The Hall–Kier alpha value is -2.15. The summed E-state index contributed by atoms with van der Waals surface area (Å²) in [5, 5.41) is 22.8. The van der Waals surface area contributed by atoms with Crippen LogP contribution in [0.2, 0.25) is 0 Å². The van der Waals surface area contributed by atoms with Crippen molar-refractivity contribution in [3.05, 3.63) is 34.1 Å². The molecule has 7 heteroatoms. The van der Waals surface area contributed by atoms with Crippen LogP contribution in [0.3, 0.4) is 0 Å². The fraction of sp³-hybridized carbons (Fsp3) is 0.500. The molecule has 1 aliphatic heterocycles. The zero-order valence-electron chi connectivity index (χ0n) is 11.8. The first-order chi connectivity index (χ1) is 10.2. The van der Waals surface area contributed by atoms with Crippen molar-refractivity contribution in [2.75, 3.05) is 19.6 Å². The lowest BCUT2D eigenvalue weighted by molar-refractivity contribution is -0.402. The van der Waals surface area contributed by atoms with Crippen molar-refractivity contribution in [2.24, 2.45) is 5.16 Å². The highest BCUT2D eigenvalue weighted by Gasteiger charge is 2.11. The minimum absolute atomic E-state index is 0.301. The van der Waals surface area contributed by atoms with Gasteiger partial charge in [-0.1, -0.05) is 11.6 Å². The highest BCUT2D eigenvalue weighted by atomic mass is 16.6. The van der Waals surface area contributed by atoms with Gasteiger partial charge in [-0.15, -0.1) is 0 Å². The third-order valence-corrected chi connectivity index (χ3v) is 3.49. The quantitative estimate of drug-likeness (QED) is 0.377. The minimum atomic E-state index is -0.589. The van der Waals surface area contributed by atoms with Crippen molar-refractivity contribution < 1.29 is 14.5 Å². The van der Waals surface area contributed by atoms with E-state index in [1.165, 1.54) is 31.4 Å². The highest BCUT2D eigenvalue weighted by molar-refractivity contribution is 5.97. The predicted molar refractivity (Wildman–Crippen MR) is 78.5 cm³/mol. The number of oxime groups is 1. The van der Waals surface area contributed by atoms with Crippen molar-refractivity contribution >= 4 is 17.7 Å². The monoisotopic (exact) mass is 293 g/mol. The van der Waals surface area contributed by atoms with Gasteiger partial charge in [0.05, 0.1) is 11.8 Å². The summed E-state index contributed by atoms with van der Waals surface area (Å²) in [7, 11) is 0. The van der Waals surface area contributed by atoms with Gasteiger partial charge in [0.15, 0.2) is 0 Å². The van der Waals surface area contributed by atoms with E-state index in [1.54, 1.807) is 12.2 Å². The SMILES string of the molecule is O=[N+]([O-])c1ccc(/C=C/C(CCN2CCCCC2)=N/O)o1. The minimum Gasteiger partial charge on any atom is -0.411 e. The lowest BCUT2D eigenvalue weighted by Crippen LogP contribution is -2.31. The molecule has 2 rings (SSSR count). The van der Waals surface area contributed by atoms with Crippen LogP contribution in [0.15, 0.2) is 27.8 Å². The number of nitrogens with zero attached hydrogens (tertiary/aromatic N) is 3. The molecule has 2 heterocycles. The van der Waals surface area contributed by atoms with Gasteiger partial charge in [0, 0.05) is 13.0 Å². The molecule has 1 saturated heterocycles. The summed E-state index contributed by atoms with van der Waals surface area (Å²) in [6.45, 7) is 3.03. The molecule has 0 bridgehead atoms. The highest BCUT2D eigenvalue weighted by Crippen LogP contribution is 2.17. The van der Waals surface area contributed by atoms with Crippen molar-refractivity contribution in [3.8, 4) is 0 Å². The second-order valence-corrected chi connectivity index (χ2v) is 5.01. The fourth-order valence-electron chi connectivity index (χ4n) is 2.33. The average Bonchev–Trinajstić information content (AvgIpc) is 2.98. The molecule has 0 saturated carbocycles. The van der Waals surface area contributed by atoms with Crippen LogP contribution in [0.4, 0.5) is 5.88 Å². The summed E-state index contributed by atoms with van der Waals surface area (Å²) < 4.78 is 5.00. The summed E-state index contributed by atoms with van der Waals surface area (Å²) in [4.78, 5) is 12.3. The van der Waals surface area contributed by atoms with Gasteiger partial charge >= 0.3 is 5.88 Å². The first-order valence-corrected chi connectivity index (χ1v) is 7.04. The summed E-state index contributed by atoms with van der Waals surface area (Å²) in [6.07, 6.45) is 7.55. The Balaban J connectivity index is 1.85. The number of hydrogen-bond donors (Lipinski definition) is 1. The van der Waals surface area contributed by atoms with Gasteiger partial charge in [-0.2, -0.15) is 0 Å². The number of furan rings is 1. The van der Waals surface area contributed by atoms with Crippen LogP contribution in [0.5, 0.6) is 0 Å². The summed E-state index contributed by atoms with van der Waals surface area (Å²) in [5.41, 5.74) is 0.527. The molecular weight excluding hydrogens is 274 g/mol. The number of allylic oxidation sites excluding steroid dienone is 1. The smallest absolute Gasteiger partial charge is 0.411 e. The molecule has 0 radical (unpaired) electrons. The van der Waals surface area contributed by atoms with Gasteiger partial charge in [0.25, 0.3) is 0 Å². The number of likely N-dealkylation sites (tertiary alicyclic amines) is 1. The zero-order chi connectivity index (χ0) is 15.1. The van der Waals surface area contributed by atoms with Gasteiger partial charge in [0.1, 0.15) is 10.7 Å². The average molecular weight is 293 g/mol. The van der Waals surface area contributed by atoms with Crippen LogP contribution >= 0.6 is 0 Å². The van der Waals surface area contributed by atoms with E-state index < -0.39 is 4.92 Å².